The van der Waals surface area contributed by atoms with Crippen LogP contribution in [0.4, 0.5) is 0 Å². The van der Waals surface area contributed by atoms with Crippen molar-refractivity contribution < 1.29 is 9.53 Å². The summed E-state index contributed by atoms with van der Waals surface area (Å²) < 4.78 is 5.47. The third-order valence-corrected chi connectivity index (χ3v) is 3.26. The maximum absolute atomic E-state index is 12.1. The second-order valence-corrected chi connectivity index (χ2v) is 4.70. The van der Waals surface area contributed by atoms with Crippen molar-refractivity contribution in [2.24, 2.45) is 0 Å². The molecule has 0 N–H and O–H groups in total. The van der Waals surface area contributed by atoms with Crippen LogP contribution < -0.4 is 0 Å². The second kappa shape index (κ2) is 4.56. The molecule has 0 radical (unpaired) electrons. The lowest BCUT2D eigenvalue weighted by Gasteiger charge is -1.98. The lowest BCUT2D eigenvalue weighted by Crippen LogP contribution is -2.07. The molecule has 1 aliphatic rings. The second-order valence-electron chi connectivity index (χ2n) is 4.26. The van der Waals surface area contributed by atoms with Gasteiger partial charge in [0.05, 0.1) is 0 Å². The normalized spacial score (nSPS) is 21.6. The molecule has 0 spiro atoms. The van der Waals surface area contributed by atoms with E-state index in [-0.39, 0.29) is 18.0 Å². The van der Waals surface area contributed by atoms with Crippen LogP contribution in [0.5, 0.6) is 0 Å². The van der Waals surface area contributed by atoms with Crippen LogP contribution in [0.2, 0.25) is 5.02 Å². The van der Waals surface area contributed by atoms with Crippen LogP contribution in [0, 0.1) is 0 Å². The maximum Gasteiger partial charge on any atom is 0.194 e. The summed E-state index contributed by atoms with van der Waals surface area (Å²) in [6.07, 6.45) is -0.456. The molecule has 3 heteroatoms. The molecule has 1 aliphatic heterocycles. The van der Waals surface area contributed by atoms with E-state index in [4.69, 9.17) is 16.3 Å². The fraction of sp³-hybridized carbons (Fsp3) is 0.133. The fourth-order valence-corrected chi connectivity index (χ4v) is 2.11. The zero-order chi connectivity index (χ0) is 12.5. The molecule has 2 aromatic carbocycles. The number of epoxide rings is 1. The summed E-state index contributed by atoms with van der Waals surface area (Å²) in [5, 5.41) is 0.628. The lowest BCUT2D eigenvalue weighted by atomic mass is 10.0. The lowest BCUT2D eigenvalue weighted by molar-refractivity contribution is 0.0953. The first-order chi connectivity index (χ1) is 8.75. The van der Waals surface area contributed by atoms with Gasteiger partial charge in [-0.25, -0.2) is 0 Å². The summed E-state index contributed by atoms with van der Waals surface area (Å²) >= 11 is 5.79. The van der Waals surface area contributed by atoms with Crippen LogP contribution in [-0.2, 0) is 4.74 Å². The Kier molecular flexibility index (Phi) is 2.90. The highest BCUT2D eigenvalue weighted by Crippen LogP contribution is 2.40. The Hall–Kier alpha value is -1.64. The molecule has 0 saturated carbocycles. The number of rotatable bonds is 3. The van der Waals surface area contributed by atoms with Crippen molar-refractivity contribution in [3.8, 4) is 0 Å². The van der Waals surface area contributed by atoms with Gasteiger partial charge in [-0.05, 0) is 29.8 Å². The van der Waals surface area contributed by atoms with Gasteiger partial charge in [-0.3, -0.25) is 4.79 Å². The van der Waals surface area contributed by atoms with Crippen LogP contribution in [0.1, 0.15) is 22.0 Å². The van der Waals surface area contributed by atoms with E-state index >= 15 is 0 Å². The number of halogens is 1. The number of Topliss-reactive ketones (excluding diaryl/α,β-unsaturated/α-hetero) is 1. The minimum atomic E-state index is -0.353. The largest absolute Gasteiger partial charge is 0.356 e. The average molecular weight is 259 g/mol. The molecular weight excluding hydrogens is 248 g/mol. The van der Waals surface area contributed by atoms with Crippen molar-refractivity contribution in [2.75, 3.05) is 0 Å². The maximum atomic E-state index is 12.1. The van der Waals surface area contributed by atoms with Gasteiger partial charge in [0.2, 0.25) is 0 Å². The van der Waals surface area contributed by atoms with Gasteiger partial charge in [0.25, 0.3) is 0 Å². The Bertz CT molecular complexity index is 563. The van der Waals surface area contributed by atoms with Crippen molar-refractivity contribution >= 4 is 17.4 Å². The van der Waals surface area contributed by atoms with E-state index in [9.17, 15) is 4.79 Å². The number of hydrogen-bond donors (Lipinski definition) is 0. The molecule has 0 aromatic heterocycles. The Morgan fingerprint density at radius 2 is 1.67 bits per heavy atom. The third-order valence-electron chi connectivity index (χ3n) is 3.01. The topological polar surface area (TPSA) is 29.6 Å². The smallest absolute Gasteiger partial charge is 0.194 e. The molecule has 2 atom stereocenters. The Balaban J connectivity index is 1.75. The summed E-state index contributed by atoms with van der Waals surface area (Å²) in [6, 6.07) is 16.7. The predicted octanol–water partition coefficient (Wildman–Crippen LogP) is 3.66. The van der Waals surface area contributed by atoms with E-state index in [0.717, 1.165) is 5.56 Å². The van der Waals surface area contributed by atoms with E-state index in [2.05, 4.69) is 0 Å². The monoisotopic (exact) mass is 258 g/mol. The zero-order valence-electron chi connectivity index (χ0n) is 9.55. The molecule has 2 unspecified atom stereocenters. The molecule has 3 rings (SSSR count). The zero-order valence-corrected chi connectivity index (χ0v) is 10.3. The van der Waals surface area contributed by atoms with E-state index in [1.807, 2.05) is 30.3 Å². The van der Waals surface area contributed by atoms with E-state index < -0.39 is 0 Å². The SMILES string of the molecule is O=C(c1ccc(Cl)cc1)C1OC1c1ccccc1. The molecule has 90 valence electrons. The van der Waals surface area contributed by atoms with Crippen molar-refractivity contribution in [2.45, 2.75) is 12.2 Å². The van der Waals surface area contributed by atoms with Crippen LogP contribution in [0.3, 0.4) is 0 Å². The first-order valence-electron chi connectivity index (χ1n) is 5.76. The van der Waals surface area contributed by atoms with Crippen molar-refractivity contribution in [1.82, 2.24) is 0 Å². The van der Waals surface area contributed by atoms with E-state index in [0.29, 0.717) is 10.6 Å². The molecular formula is C15H11ClO2. The van der Waals surface area contributed by atoms with Gasteiger partial charge in [-0.1, -0.05) is 41.9 Å². The highest BCUT2D eigenvalue weighted by atomic mass is 35.5. The van der Waals surface area contributed by atoms with Crippen LogP contribution in [-0.4, -0.2) is 11.9 Å². The molecule has 0 aliphatic carbocycles. The first kappa shape index (κ1) is 11.5. The number of carbonyl (C=O) groups is 1. The Labute approximate surface area is 110 Å². The Morgan fingerprint density at radius 1 is 1.00 bits per heavy atom. The van der Waals surface area contributed by atoms with Crippen LogP contribution in [0.15, 0.2) is 54.6 Å². The summed E-state index contributed by atoms with van der Waals surface area (Å²) in [5.74, 6) is 0.0144. The average Bonchev–Trinajstić information content (AvgIpc) is 3.20. The van der Waals surface area contributed by atoms with Crippen LogP contribution >= 0.6 is 11.6 Å². The van der Waals surface area contributed by atoms with Crippen LogP contribution in [0.25, 0.3) is 0 Å². The predicted molar refractivity (Wildman–Crippen MR) is 69.8 cm³/mol. The highest BCUT2D eigenvalue weighted by Gasteiger charge is 2.45. The van der Waals surface area contributed by atoms with Gasteiger partial charge in [-0.15, -0.1) is 0 Å². The van der Waals surface area contributed by atoms with Crippen molar-refractivity contribution in [1.29, 1.82) is 0 Å². The van der Waals surface area contributed by atoms with Gasteiger partial charge < -0.3 is 4.74 Å². The highest BCUT2D eigenvalue weighted by molar-refractivity contribution is 6.30. The molecule has 1 heterocycles. The first-order valence-corrected chi connectivity index (χ1v) is 6.14. The summed E-state index contributed by atoms with van der Waals surface area (Å²) in [4.78, 5) is 12.1. The molecule has 1 fully saturated rings. The quantitative estimate of drug-likeness (QED) is 0.621. The molecule has 2 aromatic rings. The minimum Gasteiger partial charge on any atom is -0.356 e. The fourth-order valence-electron chi connectivity index (χ4n) is 1.99. The van der Waals surface area contributed by atoms with Crippen molar-refractivity contribution in [3.05, 3.63) is 70.7 Å². The standard InChI is InChI=1S/C15H11ClO2/c16-12-8-6-10(7-9-12)13(17)15-14(18-15)11-4-2-1-3-5-11/h1-9,14-15H. The Morgan fingerprint density at radius 3 is 2.33 bits per heavy atom. The van der Waals surface area contributed by atoms with E-state index in [1.54, 1.807) is 24.3 Å². The molecule has 18 heavy (non-hydrogen) atoms. The molecule has 1 saturated heterocycles. The third kappa shape index (κ3) is 2.17. The molecule has 0 amide bonds. The molecule has 0 bridgehead atoms. The van der Waals surface area contributed by atoms with Crippen molar-refractivity contribution in [3.63, 3.8) is 0 Å². The number of carbonyl (C=O) groups excluding carboxylic acids is 1. The number of hydrogen-bond acceptors (Lipinski definition) is 2. The number of ether oxygens (including phenoxy) is 1. The van der Waals surface area contributed by atoms with Gasteiger partial charge in [0.15, 0.2) is 11.9 Å². The number of benzene rings is 2. The van der Waals surface area contributed by atoms with Gasteiger partial charge in [0, 0.05) is 10.6 Å². The minimum absolute atomic E-state index is 0.0144. The summed E-state index contributed by atoms with van der Waals surface area (Å²) in [6.45, 7) is 0. The molecule has 2 nitrogen and oxygen atoms in total. The number of ketones is 1. The van der Waals surface area contributed by atoms with Gasteiger partial charge in [0.1, 0.15) is 6.10 Å². The van der Waals surface area contributed by atoms with Gasteiger partial charge in [-0.2, -0.15) is 0 Å². The summed E-state index contributed by atoms with van der Waals surface area (Å²) in [5.41, 5.74) is 1.69. The summed E-state index contributed by atoms with van der Waals surface area (Å²) in [7, 11) is 0. The van der Waals surface area contributed by atoms with Gasteiger partial charge >= 0.3 is 0 Å². The van der Waals surface area contributed by atoms with E-state index in [1.165, 1.54) is 0 Å².